The summed E-state index contributed by atoms with van der Waals surface area (Å²) in [6, 6.07) is 5.01. The van der Waals surface area contributed by atoms with Crippen molar-refractivity contribution >= 4 is 23.2 Å². The number of alkyl halides is 2. The number of nitrogens with one attached hydrogen (secondary N) is 2. The average molecular weight is 469 g/mol. The van der Waals surface area contributed by atoms with Crippen molar-refractivity contribution in [2.45, 2.75) is 52.3 Å². The number of hydrazine groups is 1. The maximum absolute atomic E-state index is 12.6. The Morgan fingerprint density at radius 3 is 2.62 bits per heavy atom. The van der Waals surface area contributed by atoms with Crippen molar-refractivity contribution in [1.82, 2.24) is 20.7 Å². The molecule has 1 aromatic carbocycles. The van der Waals surface area contributed by atoms with Crippen molar-refractivity contribution in [3.63, 3.8) is 0 Å². The Morgan fingerprint density at radius 2 is 2.00 bits per heavy atom. The van der Waals surface area contributed by atoms with Gasteiger partial charge >= 0.3 is 6.61 Å². The molecule has 0 radical (unpaired) electrons. The standard InChI is InChI=1S/C21H26F2N4O4S/c1-3-30-17-8-14(4-7-16(17)31-21(22)23)10-27(15-5-6-15)11-19(29)26-25-18(28)9-20-24-13(2)12-32-20/h4,7-8,12,15,21H,3,5-6,9-11H2,1-2H3,(H,25,28)(H,26,29). The SMILES string of the molecule is CCOc1cc(CN(CC(=O)NNC(=O)Cc2nc(C)cs2)C2CC2)ccc1OC(F)F. The molecule has 2 amide bonds. The van der Waals surface area contributed by atoms with Crippen LogP contribution < -0.4 is 20.3 Å². The lowest BCUT2D eigenvalue weighted by Crippen LogP contribution is -2.47. The summed E-state index contributed by atoms with van der Waals surface area (Å²) in [7, 11) is 0. The molecule has 0 spiro atoms. The van der Waals surface area contributed by atoms with Gasteiger partial charge in [-0.25, -0.2) is 4.98 Å². The van der Waals surface area contributed by atoms with E-state index < -0.39 is 6.61 Å². The van der Waals surface area contributed by atoms with Crippen molar-refractivity contribution in [2.24, 2.45) is 0 Å². The number of thiazole rings is 1. The first kappa shape index (κ1) is 23.9. The van der Waals surface area contributed by atoms with Gasteiger partial charge in [-0.05, 0) is 44.4 Å². The number of nitrogens with zero attached hydrogens (tertiary/aromatic N) is 2. The minimum Gasteiger partial charge on any atom is -0.490 e. The molecule has 0 aliphatic heterocycles. The van der Waals surface area contributed by atoms with Crippen molar-refractivity contribution in [2.75, 3.05) is 13.2 Å². The minimum atomic E-state index is -2.94. The molecule has 32 heavy (non-hydrogen) atoms. The minimum absolute atomic E-state index is 0.0283. The third-order valence-electron chi connectivity index (χ3n) is 4.64. The summed E-state index contributed by atoms with van der Waals surface area (Å²) in [5.74, 6) is -0.487. The summed E-state index contributed by atoms with van der Waals surface area (Å²) in [5, 5.41) is 2.54. The molecule has 1 saturated carbocycles. The summed E-state index contributed by atoms with van der Waals surface area (Å²) in [6.45, 7) is 1.48. The third kappa shape index (κ3) is 7.41. The molecule has 1 aromatic heterocycles. The highest BCUT2D eigenvalue weighted by atomic mass is 32.1. The molecular weight excluding hydrogens is 442 g/mol. The highest BCUT2D eigenvalue weighted by Crippen LogP contribution is 2.32. The van der Waals surface area contributed by atoms with Crippen LogP contribution in [-0.4, -0.2) is 47.5 Å². The van der Waals surface area contributed by atoms with Gasteiger partial charge in [0.05, 0.1) is 19.6 Å². The molecule has 1 aliphatic carbocycles. The molecule has 174 valence electrons. The van der Waals surface area contributed by atoms with Gasteiger partial charge in [0.2, 0.25) is 5.91 Å². The van der Waals surface area contributed by atoms with Crippen LogP contribution in [0.15, 0.2) is 23.6 Å². The molecule has 0 bridgehead atoms. The zero-order chi connectivity index (χ0) is 23.1. The molecular formula is C21H26F2N4O4S. The highest BCUT2D eigenvalue weighted by Gasteiger charge is 2.30. The Morgan fingerprint density at radius 1 is 1.25 bits per heavy atom. The van der Waals surface area contributed by atoms with Gasteiger partial charge in [0, 0.05) is 23.7 Å². The quantitative estimate of drug-likeness (QED) is 0.493. The second-order valence-electron chi connectivity index (χ2n) is 7.38. The van der Waals surface area contributed by atoms with Crippen molar-refractivity contribution in [1.29, 1.82) is 0 Å². The second kappa shape index (κ2) is 11.2. The molecule has 0 unspecified atom stereocenters. The Kier molecular flexibility index (Phi) is 8.34. The lowest BCUT2D eigenvalue weighted by Gasteiger charge is -2.22. The third-order valence-corrected chi connectivity index (χ3v) is 5.61. The number of carbonyl (C=O) groups is 2. The van der Waals surface area contributed by atoms with Crippen LogP contribution in [0.1, 0.15) is 36.0 Å². The highest BCUT2D eigenvalue weighted by molar-refractivity contribution is 7.09. The lowest BCUT2D eigenvalue weighted by atomic mass is 10.2. The molecule has 3 rings (SSSR count). The van der Waals surface area contributed by atoms with Gasteiger partial charge in [-0.15, -0.1) is 11.3 Å². The van der Waals surface area contributed by atoms with E-state index in [4.69, 9.17) is 4.74 Å². The summed E-state index contributed by atoms with van der Waals surface area (Å²) < 4.78 is 35.1. The van der Waals surface area contributed by atoms with Gasteiger partial charge < -0.3 is 9.47 Å². The van der Waals surface area contributed by atoms with E-state index >= 15 is 0 Å². The maximum Gasteiger partial charge on any atom is 0.387 e. The van der Waals surface area contributed by atoms with E-state index in [2.05, 4.69) is 20.6 Å². The molecule has 8 nitrogen and oxygen atoms in total. The number of amides is 2. The number of rotatable bonds is 11. The van der Waals surface area contributed by atoms with Crippen LogP contribution in [0.4, 0.5) is 8.78 Å². The van der Waals surface area contributed by atoms with E-state index in [-0.39, 0.29) is 42.3 Å². The van der Waals surface area contributed by atoms with Gasteiger partial charge in [0.1, 0.15) is 5.01 Å². The molecule has 1 aliphatic rings. The lowest BCUT2D eigenvalue weighted by molar-refractivity contribution is -0.129. The number of halogens is 2. The Labute approximate surface area is 188 Å². The molecule has 1 fully saturated rings. The molecule has 0 saturated heterocycles. The van der Waals surface area contributed by atoms with Crippen LogP contribution >= 0.6 is 11.3 Å². The van der Waals surface area contributed by atoms with Crippen LogP contribution in [0.25, 0.3) is 0 Å². The Balaban J connectivity index is 1.54. The van der Waals surface area contributed by atoms with Crippen molar-refractivity contribution < 1.29 is 27.8 Å². The van der Waals surface area contributed by atoms with Crippen LogP contribution in [0.2, 0.25) is 0 Å². The van der Waals surface area contributed by atoms with E-state index in [1.807, 2.05) is 17.2 Å². The van der Waals surface area contributed by atoms with Gasteiger partial charge in [0.15, 0.2) is 11.5 Å². The number of benzene rings is 1. The summed E-state index contributed by atoms with van der Waals surface area (Å²) >= 11 is 1.39. The molecule has 1 heterocycles. The van der Waals surface area contributed by atoms with E-state index in [9.17, 15) is 18.4 Å². The van der Waals surface area contributed by atoms with Crippen molar-refractivity contribution in [3.8, 4) is 11.5 Å². The molecule has 11 heteroatoms. The van der Waals surface area contributed by atoms with E-state index in [0.717, 1.165) is 24.1 Å². The Hall–Kier alpha value is -2.79. The molecule has 2 aromatic rings. The largest absolute Gasteiger partial charge is 0.490 e. The van der Waals surface area contributed by atoms with Gasteiger partial charge in [0.25, 0.3) is 5.91 Å². The van der Waals surface area contributed by atoms with Gasteiger partial charge in [-0.2, -0.15) is 8.78 Å². The summed E-state index contributed by atoms with van der Waals surface area (Å²) in [5.41, 5.74) is 6.51. The predicted octanol–water partition coefficient (Wildman–Crippen LogP) is 2.81. The van der Waals surface area contributed by atoms with Crippen LogP contribution in [-0.2, 0) is 22.6 Å². The topological polar surface area (TPSA) is 92.8 Å². The van der Waals surface area contributed by atoms with Gasteiger partial charge in [-0.1, -0.05) is 6.07 Å². The first-order valence-electron chi connectivity index (χ1n) is 10.3. The maximum atomic E-state index is 12.6. The van der Waals surface area contributed by atoms with Crippen LogP contribution in [0.5, 0.6) is 11.5 Å². The summed E-state index contributed by atoms with van der Waals surface area (Å²) in [4.78, 5) is 30.6. The zero-order valence-electron chi connectivity index (χ0n) is 17.9. The molecule has 2 N–H and O–H groups in total. The number of hydrogen-bond acceptors (Lipinski definition) is 7. The average Bonchev–Trinajstić information content (AvgIpc) is 3.50. The smallest absolute Gasteiger partial charge is 0.387 e. The summed E-state index contributed by atoms with van der Waals surface area (Å²) in [6.07, 6.45) is 2.03. The number of aromatic nitrogens is 1. The first-order chi connectivity index (χ1) is 15.3. The normalized spacial score (nSPS) is 13.3. The van der Waals surface area contributed by atoms with E-state index in [1.54, 1.807) is 19.1 Å². The number of aryl methyl sites for hydroxylation is 1. The van der Waals surface area contributed by atoms with Crippen LogP contribution in [0, 0.1) is 6.92 Å². The monoisotopic (exact) mass is 468 g/mol. The first-order valence-corrected chi connectivity index (χ1v) is 11.1. The number of hydrogen-bond donors (Lipinski definition) is 2. The molecule has 0 atom stereocenters. The van der Waals surface area contributed by atoms with Crippen molar-refractivity contribution in [3.05, 3.63) is 39.8 Å². The zero-order valence-corrected chi connectivity index (χ0v) is 18.7. The van der Waals surface area contributed by atoms with E-state index in [0.29, 0.717) is 18.2 Å². The fraction of sp³-hybridized carbons (Fsp3) is 0.476. The van der Waals surface area contributed by atoms with Gasteiger partial charge in [-0.3, -0.25) is 25.3 Å². The Bertz CT molecular complexity index is 936. The van der Waals surface area contributed by atoms with E-state index in [1.165, 1.54) is 17.4 Å². The fourth-order valence-electron chi connectivity index (χ4n) is 3.13. The second-order valence-corrected chi connectivity index (χ2v) is 8.33. The number of ether oxygens (including phenoxy) is 2. The van der Waals surface area contributed by atoms with Crippen LogP contribution in [0.3, 0.4) is 0 Å². The fourth-order valence-corrected chi connectivity index (χ4v) is 3.90. The number of carbonyl (C=O) groups excluding carboxylic acids is 2. The predicted molar refractivity (Wildman–Crippen MR) is 115 cm³/mol.